The summed E-state index contributed by atoms with van der Waals surface area (Å²) >= 11 is 0. The molecule has 0 spiro atoms. The lowest BCUT2D eigenvalue weighted by molar-refractivity contribution is -0.385. The van der Waals surface area contributed by atoms with Gasteiger partial charge in [-0.15, -0.1) is 0 Å². The molecule has 1 heterocycles. The number of amides is 2. The number of nitro benzene ring substituents is 1. The molecule has 0 unspecified atom stereocenters. The van der Waals surface area contributed by atoms with Crippen molar-refractivity contribution in [2.45, 2.75) is 18.9 Å². The number of nitrogens with one attached hydrogen (secondary N) is 1. The third kappa shape index (κ3) is 4.32. The lowest BCUT2D eigenvalue weighted by atomic mass is 10.0. The van der Waals surface area contributed by atoms with Crippen molar-refractivity contribution < 1.29 is 24.0 Å². The zero-order chi connectivity index (χ0) is 19.4. The third-order valence-electron chi connectivity index (χ3n) is 4.08. The molecular weight excluding hydrogens is 354 g/mol. The average molecular weight is 371 g/mol. The van der Waals surface area contributed by atoms with Crippen molar-refractivity contribution in [3.05, 3.63) is 63.7 Å². The maximum Gasteiger partial charge on any atom is 0.277 e. The molecule has 1 atom stereocenters. The molecule has 1 aliphatic rings. The summed E-state index contributed by atoms with van der Waals surface area (Å²) in [5.74, 6) is -0.659. The molecule has 0 radical (unpaired) electrons. The molecule has 0 aromatic heterocycles. The van der Waals surface area contributed by atoms with E-state index in [-0.39, 0.29) is 36.6 Å². The number of hydrogen-bond donors (Lipinski definition) is 2. The maximum atomic E-state index is 12.4. The third-order valence-corrected chi connectivity index (χ3v) is 4.08. The van der Waals surface area contributed by atoms with E-state index in [1.165, 1.54) is 12.1 Å². The summed E-state index contributed by atoms with van der Waals surface area (Å²) in [4.78, 5) is 34.7. The first-order valence-corrected chi connectivity index (χ1v) is 8.13. The molecule has 0 bridgehead atoms. The Morgan fingerprint density at radius 3 is 2.48 bits per heavy atom. The van der Waals surface area contributed by atoms with Gasteiger partial charge in [0.05, 0.1) is 17.4 Å². The van der Waals surface area contributed by atoms with Crippen LogP contribution >= 0.6 is 0 Å². The fourth-order valence-corrected chi connectivity index (χ4v) is 2.78. The van der Waals surface area contributed by atoms with E-state index in [9.17, 15) is 19.7 Å². The van der Waals surface area contributed by atoms with Gasteiger partial charge < -0.3 is 20.5 Å². The highest BCUT2D eigenvalue weighted by Crippen LogP contribution is 2.38. The number of benzene rings is 2. The van der Waals surface area contributed by atoms with Gasteiger partial charge in [-0.05, 0) is 11.6 Å². The monoisotopic (exact) mass is 371 g/mol. The van der Waals surface area contributed by atoms with Gasteiger partial charge in [0.15, 0.2) is 11.5 Å². The highest BCUT2D eigenvalue weighted by molar-refractivity contribution is 5.88. The Balaban J connectivity index is 1.74. The SMILES string of the molecule is NC(=O)[C@H](Cc1ccccc1)NC(=O)Cc1cc2c(cc1[N+](=O)[O-])OCO2. The van der Waals surface area contributed by atoms with Gasteiger partial charge >= 0.3 is 0 Å². The molecule has 2 aromatic rings. The number of carbonyl (C=O) groups excluding carboxylic acids is 2. The minimum absolute atomic E-state index is 0.0387. The van der Waals surface area contributed by atoms with Crippen LogP contribution in [0.5, 0.6) is 11.5 Å². The van der Waals surface area contributed by atoms with Crippen LogP contribution in [0.3, 0.4) is 0 Å². The first-order valence-electron chi connectivity index (χ1n) is 8.13. The van der Waals surface area contributed by atoms with Crippen molar-refractivity contribution >= 4 is 17.5 Å². The van der Waals surface area contributed by atoms with Crippen molar-refractivity contribution in [1.82, 2.24) is 5.32 Å². The molecule has 27 heavy (non-hydrogen) atoms. The number of hydrogen-bond acceptors (Lipinski definition) is 6. The van der Waals surface area contributed by atoms with Crippen LogP contribution in [0.4, 0.5) is 5.69 Å². The van der Waals surface area contributed by atoms with E-state index in [1.807, 2.05) is 30.3 Å². The molecule has 0 saturated carbocycles. The average Bonchev–Trinajstić information content (AvgIpc) is 3.08. The zero-order valence-corrected chi connectivity index (χ0v) is 14.2. The van der Waals surface area contributed by atoms with Gasteiger partial charge in [0.25, 0.3) is 5.69 Å². The lowest BCUT2D eigenvalue weighted by Gasteiger charge is -2.16. The standard InChI is InChI=1S/C18H17N3O6/c19-18(23)13(6-11-4-2-1-3-5-11)20-17(22)8-12-7-15-16(27-10-26-15)9-14(12)21(24)25/h1-5,7,9,13H,6,8,10H2,(H2,19,23)(H,20,22)/t13-/m0/s1. The summed E-state index contributed by atoms with van der Waals surface area (Å²) in [5, 5.41) is 13.8. The number of fused-ring (bicyclic) bond motifs is 1. The van der Waals surface area contributed by atoms with Crippen molar-refractivity contribution in [1.29, 1.82) is 0 Å². The molecule has 2 aromatic carbocycles. The van der Waals surface area contributed by atoms with Crippen molar-refractivity contribution in [2.24, 2.45) is 5.73 Å². The van der Waals surface area contributed by atoms with Gasteiger partial charge in [0, 0.05) is 12.0 Å². The van der Waals surface area contributed by atoms with E-state index in [1.54, 1.807) is 0 Å². The fraction of sp³-hybridized carbons (Fsp3) is 0.222. The number of nitrogens with two attached hydrogens (primary N) is 1. The number of primary amides is 1. The van der Waals surface area contributed by atoms with Crippen molar-refractivity contribution in [3.63, 3.8) is 0 Å². The van der Waals surface area contributed by atoms with E-state index >= 15 is 0 Å². The number of nitro groups is 1. The van der Waals surface area contributed by atoms with E-state index in [2.05, 4.69) is 5.32 Å². The predicted octanol–water partition coefficient (Wildman–Crippen LogP) is 1.08. The largest absolute Gasteiger partial charge is 0.454 e. The van der Waals surface area contributed by atoms with Crippen molar-refractivity contribution in [2.75, 3.05) is 6.79 Å². The highest BCUT2D eigenvalue weighted by Gasteiger charge is 2.26. The molecule has 0 aliphatic carbocycles. The Hall–Kier alpha value is -3.62. The van der Waals surface area contributed by atoms with Crippen LogP contribution < -0.4 is 20.5 Å². The van der Waals surface area contributed by atoms with Gasteiger partial charge in [-0.3, -0.25) is 19.7 Å². The van der Waals surface area contributed by atoms with E-state index in [0.29, 0.717) is 5.75 Å². The second-order valence-electron chi connectivity index (χ2n) is 5.98. The number of ether oxygens (including phenoxy) is 2. The number of carbonyl (C=O) groups is 2. The smallest absolute Gasteiger partial charge is 0.277 e. The van der Waals surface area contributed by atoms with Gasteiger partial charge in [0.2, 0.25) is 18.6 Å². The molecule has 2 amide bonds. The second kappa shape index (κ2) is 7.73. The van der Waals surface area contributed by atoms with Gasteiger partial charge in [-0.1, -0.05) is 30.3 Å². The van der Waals surface area contributed by atoms with Crippen LogP contribution in [0, 0.1) is 10.1 Å². The molecule has 9 heteroatoms. The molecule has 1 aliphatic heterocycles. The highest BCUT2D eigenvalue weighted by atomic mass is 16.7. The van der Waals surface area contributed by atoms with E-state index in [0.717, 1.165) is 5.56 Å². The Bertz CT molecular complexity index is 884. The summed E-state index contributed by atoms with van der Waals surface area (Å²) in [6, 6.07) is 10.8. The Morgan fingerprint density at radius 1 is 1.19 bits per heavy atom. The molecule has 0 saturated heterocycles. The predicted molar refractivity (Wildman–Crippen MR) is 94.2 cm³/mol. The van der Waals surface area contributed by atoms with Gasteiger partial charge in [-0.25, -0.2) is 0 Å². The fourth-order valence-electron chi connectivity index (χ4n) is 2.78. The summed E-state index contributed by atoms with van der Waals surface area (Å²) in [7, 11) is 0. The normalized spacial score (nSPS) is 13.0. The zero-order valence-electron chi connectivity index (χ0n) is 14.2. The first-order chi connectivity index (χ1) is 12.9. The topological polar surface area (TPSA) is 134 Å². The van der Waals surface area contributed by atoms with Crippen LogP contribution in [-0.4, -0.2) is 29.6 Å². The van der Waals surface area contributed by atoms with Gasteiger partial charge in [-0.2, -0.15) is 0 Å². The van der Waals surface area contributed by atoms with Crippen molar-refractivity contribution in [3.8, 4) is 11.5 Å². The maximum absolute atomic E-state index is 12.4. The molecule has 3 rings (SSSR count). The Labute approximate surface area is 154 Å². The van der Waals surface area contributed by atoms with E-state index < -0.39 is 22.8 Å². The van der Waals surface area contributed by atoms with Crippen LogP contribution in [0.25, 0.3) is 0 Å². The van der Waals surface area contributed by atoms with Crippen LogP contribution in [0.2, 0.25) is 0 Å². The molecule has 9 nitrogen and oxygen atoms in total. The quantitative estimate of drug-likeness (QED) is 0.552. The molecule has 3 N–H and O–H groups in total. The lowest BCUT2D eigenvalue weighted by Crippen LogP contribution is -2.46. The van der Waals surface area contributed by atoms with Gasteiger partial charge in [0.1, 0.15) is 6.04 Å². The van der Waals surface area contributed by atoms with Crippen LogP contribution in [-0.2, 0) is 22.4 Å². The molecule has 140 valence electrons. The Kier molecular flexibility index (Phi) is 5.20. The minimum Gasteiger partial charge on any atom is -0.454 e. The summed E-state index contributed by atoms with van der Waals surface area (Å²) in [5.41, 5.74) is 6.11. The second-order valence-corrected chi connectivity index (χ2v) is 5.98. The van der Waals surface area contributed by atoms with Crippen LogP contribution in [0.1, 0.15) is 11.1 Å². The molecule has 0 fully saturated rings. The first kappa shape index (κ1) is 18.2. The number of rotatable bonds is 7. The minimum atomic E-state index is -0.923. The number of nitrogens with zero attached hydrogens (tertiary/aromatic N) is 1. The summed E-state index contributed by atoms with van der Waals surface area (Å²) in [6.07, 6.45) is -0.0727. The molecular formula is C18H17N3O6. The van der Waals surface area contributed by atoms with E-state index in [4.69, 9.17) is 15.2 Å². The summed E-state index contributed by atoms with van der Waals surface area (Å²) in [6.45, 7) is -0.0387. The van der Waals surface area contributed by atoms with Crippen LogP contribution in [0.15, 0.2) is 42.5 Å². The summed E-state index contributed by atoms with van der Waals surface area (Å²) < 4.78 is 10.3. The Morgan fingerprint density at radius 2 is 1.85 bits per heavy atom.